The van der Waals surface area contributed by atoms with Crippen LogP contribution in [0.5, 0.6) is 5.75 Å². The molecule has 0 heterocycles. The predicted molar refractivity (Wildman–Crippen MR) is 84.1 cm³/mol. The summed E-state index contributed by atoms with van der Waals surface area (Å²) in [5.41, 5.74) is 0.558. The van der Waals surface area contributed by atoms with E-state index in [0.717, 1.165) is 18.8 Å². The van der Waals surface area contributed by atoms with Gasteiger partial charge in [-0.25, -0.2) is 0 Å². The van der Waals surface area contributed by atoms with E-state index >= 15 is 0 Å². The summed E-state index contributed by atoms with van der Waals surface area (Å²) in [5, 5.41) is 13.4. The summed E-state index contributed by atoms with van der Waals surface area (Å²) in [6.45, 7) is 11.6. The van der Waals surface area contributed by atoms with Gasteiger partial charge in [0.1, 0.15) is 5.75 Å². The Balaban J connectivity index is 2.51. The zero-order valence-corrected chi connectivity index (χ0v) is 13.4. The molecule has 114 valence electrons. The van der Waals surface area contributed by atoms with Gasteiger partial charge in [0.05, 0.1) is 12.2 Å². The summed E-state index contributed by atoms with van der Waals surface area (Å²) in [7, 11) is 0. The maximum Gasteiger partial charge on any atom is 0.119 e. The van der Waals surface area contributed by atoms with Crippen molar-refractivity contribution in [1.29, 1.82) is 0 Å². The molecular formula is C17H29NO2. The summed E-state index contributed by atoms with van der Waals surface area (Å²) in [6.07, 6.45) is 0.745. The summed E-state index contributed by atoms with van der Waals surface area (Å²) in [6, 6.07) is 8.39. The SMILES string of the molecule is CCC(C)(O)CNC(C)c1ccc(OCC(C)C)cc1. The van der Waals surface area contributed by atoms with Gasteiger partial charge in [-0.1, -0.05) is 32.9 Å². The molecule has 2 N–H and O–H groups in total. The second-order valence-electron chi connectivity index (χ2n) is 6.23. The highest BCUT2D eigenvalue weighted by Gasteiger charge is 2.18. The van der Waals surface area contributed by atoms with E-state index < -0.39 is 5.60 Å². The van der Waals surface area contributed by atoms with Gasteiger partial charge in [0.25, 0.3) is 0 Å². The van der Waals surface area contributed by atoms with Crippen LogP contribution in [0.1, 0.15) is 52.6 Å². The minimum atomic E-state index is -0.644. The molecule has 0 aliphatic heterocycles. The third-order valence-electron chi connectivity index (χ3n) is 3.51. The summed E-state index contributed by atoms with van der Waals surface area (Å²) in [5.74, 6) is 1.45. The van der Waals surface area contributed by atoms with Crippen LogP contribution in [0.2, 0.25) is 0 Å². The van der Waals surface area contributed by atoms with E-state index in [1.807, 2.05) is 26.0 Å². The van der Waals surface area contributed by atoms with Crippen LogP contribution in [0.4, 0.5) is 0 Å². The van der Waals surface area contributed by atoms with Crippen LogP contribution < -0.4 is 10.1 Å². The quantitative estimate of drug-likeness (QED) is 0.765. The highest BCUT2D eigenvalue weighted by atomic mass is 16.5. The lowest BCUT2D eigenvalue weighted by atomic mass is 10.0. The van der Waals surface area contributed by atoms with Crippen molar-refractivity contribution in [3.05, 3.63) is 29.8 Å². The van der Waals surface area contributed by atoms with Gasteiger partial charge in [-0.05, 0) is 43.9 Å². The lowest BCUT2D eigenvalue weighted by Gasteiger charge is -2.24. The van der Waals surface area contributed by atoms with Gasteiger partial charge in [-0.2, -0.15) is 0 Å². The van der Waals surface area contributed by atoms with Crippen LogP contribution in [0, 0.1) is 5.92 Å². The molecule has 20 heavy (non-hydrogen) atoms. The first kappa shape index (κ1) is 17.0. The number of benzene rings is 1. The molecule has 3 heteroatoms. The smallest absolute Gasteiger partial charge is 0.119 e. The highest BCUT2D eigenvalue weighted by Crippen LogP contribution is 2.19. The van der Waals surface area contributed by atoms with E-state index in [2.05, 4.69) is 38.2 Å². The molecule has 0 saturated heterocycles. The van der Waals surface area contributed by atoms with Crippen LogP contribution in [0.3, 0.4) is 0 Å². The second-order valence-corrected chi connectivity index (χ2v) is 6.23. The van der Waals surface area contributed by atoms with Crippen LogP contribution in [-0.2, 0) is 0 Å². The third-order valence-corrected chi connectivity index (χ3v) is 3.51. The molecule has 0 radical (unpaired) electrons. The molecule has 0 bridgehead atoms. The molecule has 2 unspecified atom stereocenters. The number of hydrogen-bond acceptors (Lipinski definition) is 3. The zero-order valence-electron chi connectivity index (χ0n) is 13.4. The van der Waals surface area contributed by atoms with E-state index in [9.17, 15) is 5.11 Å². The van der Waals surface area contributed by atoms with E-state index in [1.165, 1.54) is 5.56 Å². The van der Waals surface area contributed by atoms with Crippen molar-refractivity contribution in [2.24, 2.45) is 5.92 Å². The van der Waals surface area contributed by atoms with E-state index in [-0.39, 0.29) is 6.04 Å². The number of aliphatic hydroxyl groups is 1. The van der Waals surface area contributed by atoms with Crippen molar-refractivity contribution < 1.29 is 9.84 Å². The Morgan fingerprint density at radius 2 is 1.80 bits per heavy atom. The van der Waals surface area contributed by atoms with Crippen molar-refractivity contribution >= 4 is 0 Å². The predicted octanol–water partition coefficient (Wildman–Crippen LogP) is 3.53. The van der Waals surface area contributed by atoms with E-state index in [1.54, 1.807) is 0 Å². The van der Waals surface area contributed by atoms with Crippen LogP contribution in [0.25, 0.3) is 0 Å². The Morgan fingerprint density at radius 3 is 2.30 bits per heavy atom. The minimum absolute atomic E-state index is 0.215. The molecule has 0 aromatic heterocycles. The van der Waals surface area contributed by atoms with E-state index in [4.69, 9.17) is 4.74 Å². The molecule has 1 rings (SSSR count). The van der Waals surface area contributed by atoms with Gasteiger partial charge >= 0.3 is 0 Å². The Bertz CT molecular complexity index is 384. The van der Waals surface area contributed by atoms with Gasteiger partial charge in [0, 0.05) is 12.6 Å². The number of rotatable bonds is 8. The maximum absolute atomic E-state index is 10.0. The average Bonchev–Trinajstić information content (AvgIpc) is 2.43. The second kappa shape index (κ2) is 7.65. The van der Waals surface area contributed by atoms with Crippen molar-refractivity contribution in [3.8, 4) is 5.75 Å². The fourth-order valence-electron chi connectivity index (χ4n) is 1.73. The Kier molecular flexibility index (Phi) is 6.50. The summed E-state index contributed by atoms with van der Waals surface area (Å²) >= 11 is 0. The van der Waals surface area contributed by atoms with Crippen LogP contribution in [-0.4, -0.2) is 23.9 Å². The molecule has 3 nitrogen and oxygen atoms in total. The number of nitrogens with one attached hydrogen (secondary N) is 1. The molecule has 1 aromatic carbocycles. The normalized spacial score (nSPS) is 15.9. The Hall–Kier alpha value is -1.06. The molecule has 0 spiro atoms. The average molecular weight is 279 g/mol. The largest absolute Gasteiger partial charge is 0.493 e. The van der Waals surface area contributed by atoms with Gasteiger partial charge < -0.3 is 15.2 Å². The topological polar surface area (TPSA) is 41.5 Å². The molecular weight excluding hydrogens is 250 g/mol. The number of hydrogen-bond donors (Lipinski definition) is 2. The monoisotopic (exact) mass is 279 g/mol. The summed E-state index contributed by atoms with van der Waals surface area (Å²) < 4.78 is 5.67. The fourth-order valence-corrected chi connectivity index (χ4v) is 1.73. The van der Waals surface area contributed by atoms with Gasteiger partial charge in [0.2, 0.25) is 0 Å². The molecule has 0 fully saturated rings. The first-order valence-corrected chi connectivity index (χ1v) is 7.52. The van der Waals surface area contributed by atoms with Crippen LogP contribution >= 0.6 is 0 Å². The summed E-state index contributed by atoms with van der Waals surface area (Å²) in [4.78, 5) is 0. The molecule has 0 amide bonds. The van der Waals surface area contributed by atoms with Crippen molar-refractivity contribution in [1.82, 2.24) is 5.32 Å². The standard InChI is InChI=1S/C17H29NO2/c1-6-17(5,19)12-18-14(4)15-7-9-16(10-8-15)20-11-13(2)3/h7-10,13-14,18-19H,6,11-12H2,1-5H3. The van der Waals surface area contributed by atoms with E-state index in [0.29, 0.717) is 12.5 Å². The lowest BCUT2D eigenvalue weighted by molar-refractivity contribution is 0.0533. The lowest BCUT2D eigenvalue weighted by Crippen LogP contribution is -2.38. The first-order valence-electron chi connectivity index (χ1n) is 7.52. The molecule has 0 saturated carbocycles. The Morgan fingerprint density at radius 1 is 1.20 bits per heavy atom. The van der Waals surface area contributed by atoms with Crippen molar-refractivity contribution in [2.75, 3.05) is 13.2 Å². The minimum Gasteiger partial charge on any atom is -0.493 e. The van der Waals surface area contributed by atoms with Gasteiger partial charge in [0.15, 0.2) is 0 Å². The first-order chi connectivity index (χ1) is 9.34. The zero-order chi connectivity index (χ0) is 15.2. The Labute approximate surface area is 123 Å². The molecule has 1 aromatic rings. The van der Waals surface area contributed by atoms with Gasteiger partial charge in [-0.3, -0.25) is 0 Å². The van der Waals surface area contributed by atoms with Gasteiger partial charge in [-0.15, -0.1) is 0 Å². The van der Waals surface area contributed by atoms with Crippen molar-refractivity contribution in [3.63, 3.8) is 0 Å². The third kappa shape index (κ3) is 5.93. The van der Waals surface area contributed by atoms with Crippen LogP contribution in [0.15, 0.2) is 24.3 Å². The maximum atomic E-state index is 10.0. The fraction of sp³-hybridized carbons (Fsp3) is 0.647. The number of ether oxygens (including phenoxy) is 1. The molecule has 0 aliphatic carbocycles. The highest BCUT2D eigenvalue weighted by molar-refractivity contribution is 5.29. The van der Waals surface area contributed by atoms with Crippen molar-refractivity contribution in [2.45, 2.75) is 52.7 Å². The molecule has 0 aliphatic rings. The molecule has 2 atom stereocenters.